The maximum atomic E-state index is 12.8. The summed E-state index contributed by atoms with van der Waals surface area (Å²) in [5, 5.41) is 0. The second kappa shape index (κ2) is 8.41. The average Bonchev–Trinajstić information content (AvgIpc) is 3.15. The van der Waals surface area contributed by atoms with Crippen LogP contribution in [0.4, 0.5) is 0 Å². The molecule has 4 rings (SSSR count). The van der Waals surface area contributed by atoms with E-state index < -0.39 is 10.2 Å². The van der Waals surface area contributed by atoms with E-state index in [4.69, 9.17) is 9.47 Å². The second-order valence-corrected chi connectivity index (χ2v) is 9.57. The Balaban J connectivity index is 1.39. The van der Waals surface area contributed by atoms with E-state index in [-0.39, 0.29) is 0 Å². The number of fused-ring (bicyclic) bond motifs is 1. The van der Waals surface area contributed by atoms with Gasteiger partial charge in [-0.15, -0.1) is 0 Å². The quantitative estimate of drug-likeness (QED) is 0.745. The molecular formula is C20H29N3O4S. The minimum Gasteiger partial charge on any atom is -0.497 e. The number of nitrogens with zero attached hydrogens (tertiary/aromatic N) is 3. The molecule has 1 aromatic carbocycles. The summed E-state index contributed by atoms with van der Waals surface area (Å²) >= 11 is 0. The first-order valence-corrected chi connectivity index (χ1v) is 11.4. The van der Waals surface area contributed by atoms with Crippen LogP contribution in [0.1, 0.15) is 24.8 Å². The summed E-state index contributed by atoms with van der Waals surface area (Å²) in [6.07, 6.45) is 4.97. The Morgan fingerprint density at radius 3 is 2.54 bits per heavy atom. The Hall–Kier alpha value is -1.61. The minimum absolute atomic E-state index is 0.553. The monoisotopic (exact) mass is 407 g/mol. The molecule has 3 aliphatic rings. The van der Waals surface area contributed by atoms with E-state index >= 15 is 0 Å². The number of methoxy groups -OCH3 is 1. The molecule has 1 aromatic rings. The SMILES string of the molecule is COc1ccc2c(c1)C=C(CN1CCCN(S(=O)(=O)N3CCCC3)CC1)CO2. The van der Waals surface area contributed by atoms with E-state index in [0.29, 0.717) is 32.8 Å². The number of hydrogen-bond acceptors (Lipinski definition) is 5. The summed E-state index contributed by atoms with van der Waals surface area (Å²) in [5.41, 5.74) is 2.24. The highest BCUT2D eigenvalue weighted by atomic mass is 32.2. The highest BCUT2D eigenvalue weighted by Gasteiger charge is 2.32. The lowest BCUT2D eigenvalue weighted by molar-refractivity contribution is 0.280. The van der Waals surface area contributed by atoms with E-state index in [1.54, 1.807) is 15.7 Å². The van der Waals surface area contributed by atoms with Crippen molar-refractivity contribution in [1.82, 2.24) is 13.5 Å². The minimum atomic E-state index is -3.30. The van der Waals surface area contributed by atoms with Gasteiger partial charge in [-0.25, -0.2) is 0 Å². The van der Waals surface area contributed by atoms with Crippen LogP contribution in [0.3, 0.4) is 0 Å². The summed E-state index contributed by atoms with van der Waals surface area (Å²) < 4.78 is 40.2. The largest absolute Gasteiger partial charge is 0.497 e. The van der Waals surface area contributed by atoms with Crippen LogP contribution in [0.15, 0.2) is 23.8 Å². The van der Waals surface area contributed by atoms with Gasteiger partial charge in [0.2, 0.25) is 0 Å². The topological polar surface area (TPSA) is 62.3 Å². The first-order valence-electron chi connectivity index (χ1n) is 10.0. The predicted octanol–water partition coefficient (Wildman–Crippen LogP) is 1.82. The van der Waals surface area contributed by atoms with E-state index in [1.807, 2.05) is 18.2 Å². The van der Waals surface area contributed by atoms with Crippen LogP contribution in [0.25, 0.3) is 6.08 Å². The maximum Gasteiger partial charge on any atom is 0.282 e. The van der Waals surface area contributed by atoms with Crippen LogP contribution in [0.5, 0.6) is 11.5 Å². The summed E-state index contributed by atoms with van der Waals surface area (Å²) in [5.74, 6) is 1.70. The molecule has 0 aliphatic carbocycles. The molecule has 0 spiro atoms. The molecule has 2 fully saturated rings. The molecule has 0 N–H and O–H groups in total. The summed E-state index contributed by atoms with van der Waals surface area (Å²) in [7, 11) is -1.64. The van der Waals surface area contributed by atoms with Crippen LogP contribution >= 0.6 is 0 Å². The third kappa shape index (κ3) is 4.20. The van der Waals surface area contributed by atoms with Crippen molar-refractivity contribution in [1.29, 1.82) is 0 Å². The molecule has 7 nitrogen and oxygen atoms in total. The first kappa shape index (κ1) is 19.7. The molecule has 0 unspecified atom stereocenters. The fourth-order valence-electron chi connectivity index (χ4n) is 4.13. The number of rotatable bonds is 5. The first-order chi connectivity index (χ1) is 13.6. The van der Waals surface area contributed by atoms with Crippen molar-refractivity contribution in [3.8, 4) is 11.5 Å². The fraction of sp³-hybridized carbons (Fsp3) is 0.600. The highest BCUT2D eigenvalue weighted by Crippen LogP contribution is 2.30. The van der Waals surface area contributed by atoms with E-state index in [2.05, 4.69) is 11.0 Å². The van der Waals surface area contributed by atoms with Gasteiger partial charge in [-0.3, -0.25) is 4.90 Å². The van der Waals surface area contributed by atoms with Gasteiger partial charge < -0.3 is 9.47 Å². The molecule has 0 saturated carbocycles. The molecule has 8 heteroatoms. The van der Waals surface area contributed by atoms with Crippen molar-refractivity contribution >= 4 is 16.3 Å². The van der Waals surface area contributed by atoms with E-state index in [9.17, 15) is 8.42 Å². The molecule has 3 aliphatic heterocycles. The average molecular weight is 408 g/mol. The fourth-order valence-corrected chi connectivity index (χ4v) is 5.84. The maximum absolute atomic E-state index is 12.8. The molecule has 2 saturated heterocycles. The third-order valence-electron chi connectivity index (χ3n) is 5.68. The molecule has 0 radical (unpaired) electrons. The second-order valence-electron chi connectivity index (χ2n) is 7.64. The molecule has 0 atom stereocenters. The van der Waals surface area contributed by atoms with Gasteiger partial charge >= 0.3 is 0 Å². The lowest BCUT2D eigenvalue weighted by Crippen LogP contribution is -2.44. The van der Waals surface area contributed by atoms with Gasteiger partial charge in [-0.1, -0.05) is 0 Å². The predicted molar refractivity (Wildman–Crippen MR) is 109 cm³/mol. The number of hydrogen-bond donors (Lipinski definition) is 0. The van der Waals surface area contributed by atoms with Crippen molar-refractivity contribution < 1.29 is 17.9 Å². The van der Waals surface area contributed by atoms with Gasteiger partial charge in [-0.05, 0) is 55.7 Å². The molecular weight excluding hydrogens is 378 g/mol. The Labute approximate surface area is 167 Å². The lowest BCUT2D eigenvalue weighted by Gasteiger charge is -2.27. The van der Waals surface area contributed by atoms with Crippen LogP contribution < -0.4 is 9.47 Å². The van der Waals surface area contributed by atoms with Gasteiger partial charge in [0.25, 0.3) is 10.2 Å². The van der Waals surface area contributed by atoms with Crippen molar-refractivity contribution in [2.75, 3.05) is 59.5 Å². The normalized spacial score (nSPS) is 22.2. The van der Waals surface area contributed by atoms with Gasteiger partial charge in [0.1, 0.15) is 18.1 Å². The van der Waals surface area contributed by atoms with E-state index in [1.165, 1.54) is 5.57 Å². The number of benzene rings is 1. The van der Waals surface area contributed by atoms with Gasteiger partial charge in [-0.2, -0.15) is 17.0 Å². The molecule has 28 heavy (non-hydrogen) atoms. The van der Waals surface area contributed by atoms with Crippen LogP contribution in [0.2, 0.25) is 0 Å². The Morgan fingerprint density at radius 1 is 1.00 bits per heavy atom. The van der Waals surface area contributed by atoms with Gasteiger partial charge in [0.15, 0.2) is 0 Å². The summed E-state index contributed by atoms with van der Waals surface area (Å²) in [6.45, 7) is 5.50. The molecule has 154 valence electrons. The van der Waals surface area contributed by atoms with Crippen molar-refractivity contribution in [2.24, 2.45) is 0 Å². The smallest absolute Gasteiger partial charge is 0.282 e. The van der Waals surface area contributed by atoms with Gasteiger partial charge in [0, 0.05) is 44.8 Å². The number of ether oxygens (including phenoxy) is 2. The standard InChI is InChI=1S/C20H29N3O4S/c1-26-19-5-6-20-18(14-19)13-17(16-27-20)15-21-7-4-10-23(12-11-21)28(24,25)22-8-2-3-9-22/h5-6,13-14H,2-4,7-12,15-16H2,1H3. The van der Waals surface area contributed by atoms with Crippen LogP contribution in [0, 0.1) is 0 Å². The van der Waals surface area contributed by atoms with E-state index in [0.717, 1.165) is 56.0 Å². The zero-order chi connectivity index (χ0) is 19.6. The lowest BCUT2D eigenvalue weighted by atomic mass is 10.1. The molecule has 0 amide bonds. The third-order valence-corrected chi connectivity index (χ3v) is 7.72. The van der Waals surface area contributed by atoms with Crippen molar-refractivity contribution in [2.45, 2.75) is 19.3 Å². The van der Waals surface area contributed by atoms with Crippen LogP contribution in [-0.2, 0) is 10.2 Å². The summed E-state index contributed by atoms with van der Waals surface area (Å²) in [4.78, 5) is 2.33. The highest BCUT2D eigenvalue weighted by molar-refractivity contribution is 7.86. The Morgan fingerprint density at radius 2 is 1.75 bits per heavy atom. The zero-order valence-electron chi connectivity index (χ0n) is 16.5. The Kier molecular flexibility index (Phi) is 5.91. The summed E-state index contributed by atoms with van der Waals surface area (Å²) in [6, 6.07) is 5.83. The molecule has 3 heterocycles. The molecule has 0 bridgehead atoms. The van der Waals surface area contributed by atoms with Crippen molar-refractivity contribution in [3.63, 3.8) is 0 Å². The van der Waals surface area contributed by atoms with Crippen LogP contribution in [-0.4, -0.2) is 81.5 Å². The van der Waals surface area contributed by atoms with Gasteiger partial charge in [0.05, 0.1) is 7.11 Å². The zero-order valence-corrected chi connectivity index (χ0v) is 17.3. The van der Waals surface area contributed by atoms with Crippen molar-refractivity contribution in [3.05, 3.63) is 29.3 Å². The Bertz CT molecular complexity index is 834. The molecule has 0 aromatic heterocycles.